The molecule has 0 heterocycles. The van der Waals surface area contributed by atoms with E-state index in [4.69, 9.17) is 15.2 Å². The molecule has 0 unspecified atom stereocenters. The molecule has 0 spiro atoms. The number of benzene rings is 2. The van der Waals surface area contributed by atoms with Gasteiger partial charge >= 0.3 is 0 Å². The molecule has 33 heavy (non-hydrogen) atoms. The maximum absolute atomic E-state index is 12.5. The lowest BCUT2D eigenvalue weighted by molar-refractivity contribution is 0.0488. The zero-order valence-corrected chi connectivity index (χ0v) is 22.5. The third-order valence-electron chi connectivity index (χ3n) is 5.90. The molecule has 2 aromatic carbocycles. The Morgan fingerprint density at radius 3 is 1.24 bits per heavy atom. The minimum atomic E-state index is -1.52. The largest absolute Gasteiger partial charge is 0.491 e. The highest BCUT2D eigenvalue weighted by atomic mass is 16.5. The van der Waals surface area contributed by atoms with Crippen molar-refractivity contribution < 1.29 is 14.6 Å². The van der Waals surface area contributed by atoms with Gasteiger partial charge < -0.3 is 20.3 Å². The highest BCUT2D eigenvalue weighted by Crippen LogP contribution is 2.45. The first-order valence-electron chi connectivity index (χ1n) is 12.1. The predicted octanol–water partition coefficient (Wildman–Crippen LogP) is 6.44. The van der Waals surface area contributed by atoms with E-state index in [1.54, 1.807) is 0 Å². The summed E-state index contributed by atoms with van der Waals surface area (Å²) in [6, 6.07) is 11.5. The van der Waals surface area contributed by atoms with Crippen LogP contribution in [0.2, 0.25) is 0 Å². The number of nitrogens with two attached hydrogens (primary N) is 1. The molecule has 3 N–H and O–H groups in total. The molecule has 0 bridgehead atoms. The summed E-state index contributed by atoms with van der Waals surface area (Å²) in [5, 5.41) is 12.5. The van der Waals surface area contributed by atoms with Crippen LogP contribution in [0.3, 0.4) is 0 Å². The van der Waals surface area contributed by atoms with Gasteiger partial charge in [-0.3, -0.25) is 0 Å². The zero-order chi connectivity index (χ0) is 25.4. The monoisotopic (exact) mass is 455 g/mol. The fraction of sp³-hybridized carbons (Fsp3) is 0.586. The van der Waals surface area contributed by atoms with Crippen LogP contribution in [0.5, 0.6) is 11.5 Å². The third-order valence-corrected chi connectivity index (χ3v) is 5.90. The van der Waals surface area contributed by atoms with Crippen LogP contribution in [0.4, 0.5) is 0 Å². The molecule has 0 saturated heterocycles. The standard InChI is InChI=1S/C29H45NO3/c1-18(2)32-25-14-12-21(27(6,7)8)16-23(25)29(31,20(5)30)24-17-22(28(9,10)11)13-15-26(24)33-19(3)4/h12-20,31H,30H2,1-11H3/t20-/m0/s1. The molecule has 0 amide bonds. The number of rotatable bonds is 7. The molecular weight excluding hydrogens is 410 g/mol. The van der Waals surface area contributed by atoms with Crippen molar-refractivity contribution in [1.82, 2.24) is 0 Å². The summed E-state index contributed by atoms with van der Waals surface area (Å²) in [6.45, 7) is 22.7. The van der Waals surface area contributed by atoms with Gasteiger partial charge in [-0.15, -0.1) is 0 Å². The van der Waals surface area contributed by atoms with Crippen LogP contribution in [0.1, 0.15) is 98.4 Å². The van der Waals surface area contributed by atoms with Crippen molar-refractivity contribution in [3.63, 3.8) is 0 Å². The van der Waals surface area contributed by atoms with Gasteiger partial charge in [0, 0.05) is 17.2 Å². The van der Waals surface area contributed by atoms with Gasteiger partial charge in [0.15, 0.2) is 0 Å². The lowest BCUT2D eigenvalue weighted by Gasteiger charge is -2.38. The molecule has 0 saturated carbocycles. The number of ether oxygens (including phenoxy) is 2. The van der Waals surface area contributed by atoms with Crippen LogP contribution in [-0.4, -0.2) is 23.4 Å². The topological polar surface area (TPSA) is 64.7 Å². The second kappa shape index (κ2) is 9.68. The van der Waals surface area contributed by atoms with Crippen LogP contribution in [0.25, 0.3) is 0 Å². The molecule has 0 aliphatic carbocycles. The fourth-order valence-corrected chi connectivity index (χ4v) is 3.94. The first-order valence-corrected chi connectivity index (χ1v) is 12.1. The first kappa shape index (κ1) is 27.2. The molecule has 0 aliphatic rings. The summed E-state index contributed by atoms with van der Waals surface area (Å²) in [5.74, 6) is 1.27. The number of hydrogen-bond donors (Lipinski definition) is 2. The molecule has 1 atom stereocenters. The van der Waals surface area contributed by atoms with Crippen molar-refractivity contribution in [2.75, 3.05) is 0 Å². The van der Waals surface area contributed by atoms with Crippen LogP contribution >= 0.6 is 0 Å². The molecule has 184 valence electrons. The molecule has 4 heteroatoms. The summed E-state index contributed by atoms with van der Waals surface area (Å²) >= 11 is 0. The van der Waals surface area contributed by atoms with E-state index in [-0.39, 0.29) is 23.0 Å². The smallest absolute Gasteiger partial charge is 0.136 e. The Kier molecular flexibility index (Phi) is 7.98. The summed E-state index contributed by atoms with van der Waals surface area (Å²) < 4.78 is 12.4. The summed E-state index contributed by atoms with van der Waals surface area (Å²) in [7, 11) is 0. The molecule has 2 aromatic rings. The summed E-state index contributed by atoms with van der Waals surface area (Å²) in [5.41, 5.74) is 8.40. The van der Waals surface area contributed by atoms with E-state index in [2.05, 4.69) is 53.7 Å². The van der Waals surface area contributed by atoms with Crippen molar-refractivity contribution in [3.8, 4) is 11.5 Å². The van der Waals surface area contributed by atoms with Crippen molar-refractivity contribution in [3.05, 3.63) is 58.7 Å². The van der Waals surface area contributed by atoms with Crippen LogP contribution in [0.15, 0.2) is 36.4 Å². The predicted molar refractivity (Wildman–Crippen MR) is 138 cm³/mol. The average Bonchev–Trinajstić information content (AvgIpc) is 2.65. The van der Waals surface area contributed by atoms with Gasteiger partial charge in [0.1, 0.15) is 17.1 Å². The normalized spacial score (nSPS) is 14.0. The summed E-state index contributed by atoms with van der Waals surface area (Å²) in [4.78, 5) is 0. The SMILES string of the molecule is CC(C)Oc1ccc(C(C)(C)C)cc1C(O)(c1cc(C(C)(C)C)ccc1OC(C)C)[C@H](C)N. The molecule has 0 fully saturated rings. The van der Waals surface area contributed by atoms with Gasteiger partial charge in [-0.25, -0.2) is 0 Å². The van der Waals surface area contributed by atoms with Gasteiger partial charge in [0.25, 0.3) is 0 Å². The van der Waals surface area contributed by atoms with E-state index in [0.29, 0.717) is 22.6 Å². The van der Waals surface area contributed by atoms with Crippen molar-refractivity contribution in [2.24, 2.45) is 5.73 Å². The van der Waals surface area contributed by atoms with Gasteiger partial charge in [-0.1, -0.05) is 53.7 Å². The lowest BCUT2D eigenvalue weighted by Crippen LogP contribution is -2.45. The van der Waals surface area contributed by atoms with Crippen molar-refractivity contribution >= 4 is 0 Å². The first-order chi connectivity index (χ1) is 15.0. The van der Waals surface area contributed by atoms with Gasteiger partial charge in [0.05, 0.1) is 12.2 Å². The van der Waals surface area contributed by atoms with E-state index in [0.717, 1.165) is 11.1 Å². The lowest BCUT2D eigenvalue weighted by atomic mass is 9.75. The molecule has 4 nitrogen and oxygen atoms in total. The second-order valence-electron chi connectivity index (χ2n) is 11.8. The van der Waals surface area contributed by atoms with E-state index in [1.807, 2.05) is 58.9 Å². The summed E-state index contributed by atoms with van der Waals surface area (Å²) in [6.07, 6.45) is -0.0947. The fourth-order valence-electron chi connectivity index (χ4n) is 3.94. The Hall–Kier alpha value is -2.04. The Bertz CT molecular complexity index is 875. The van der Waals surface area contributed by atoms with E-state index < -0.39 is 11.6 Å². The minimum absolute atomic E-state index is 0.0474. The van der Waals surface area contributed by atoms with Gasteiger partial charge in [-0.2, -0.15) is 0 Å². The van der Waals surface area contributed by atoms with Crippen LogP contribution in [0, 0.1) is 0 Å². The maximum Gasteiger partial charge on any atom is 0.136 e. The Morgan fingerprint density at radius 2 is 1.00 bits per heavy atom. The molecule has 0 radical (unpaired) electrons. The molecular formula is C29H45NO3. The third kappa shape index (κ3) is 6.10. The van der Waals surface area contributed by atoms with Crippen molar-refractivity contribution in [2.45, 2.75) is 111 Å². The van der Waals surface area contributed by atoms with E-state index in [1.165, 1.54) is 0 Å². The minimum Gasteiger partial charge on any atom is -0.491 e. The van der Waals surface area contributed by atoms with E-state index in [9.17, 15) is 5.11 Å². The van der Waals surface area contributed by atoms with Crippen molar-refractivity contribution in [1.29, 1.82) is 0 Å². The maximum atomic E-state index is 12.5. The van der Waals surface area contributed by atoms with Crippen LogP contribution < -0.4 is 15.2 Å². The Balaban J connectivity index is 2.95. The van der Waals surface area contributed by atoms with Gasteiger partial charge in [0.2, 0.25) is 0 Å². The highest BCUT2D eigenvalue weighted by Gasteiger charge is 2.42. The molecule has 0 aliphatic heterocycles. The number of hydrogen-bond acceptors (Lipinski definition) is 4. The van der Waals surface area contributed by atoms with E-state index >= 15 is 0 Å². The zero-order valence-electron chi connectivity index (χ0n) is 22.5. The quantitative estimate of drug-likeness (QED) is 0.504. The molecule has 2 rings (SSSR count). The Morgan fingerprint density at radius 1 is 0.667 bits per heavy atom. The Labute approximate surface area is 201 Å². The second-order valence-corrected chi connectivity index (χ2v) is 11.8. The van der Waals surface area contributed by atoms with Gasteiger partial charge in [-0.05, 0) is 80.8 Å². The molecule has 0 aromatic heterocycles. The van der Waals surface area contributed by atoms with Crippen LogP contribution in [-0.2, 0) is 16.4 Å². The average molecular weight is 456 g/mol. The number of aliphatic hydroxyl groups is 1. The highest BCUT2D eigenvalue weighted by molar-refractivity contribution is 5.54.